The summed E-state index contributed by atoms with van der Waals surface area (Å²) in [7, 11) is 3.63. The number of halogens is 1. The minimum Gasteiger partial charge on any atom is -0.383 e. The lowest BCUT2D eigenvalue weighted by Crippen LogP contribution is -2.38. The van der Waals surface area contributed by atoms with Gasteiger partial charge in [-0.15, -0.1) is 0 Å². The van der Waals surface area contributed by atoms with Gasteiger partial charge in [-0.3, -0.25) is 9.88 Å². The molecule has 4 nitrogen and oxygen atoms in total. The van der Waals surface area contributed by atoms with Crippen LogP contribution in [-0.4, -0.2) is 49.8 Å². The molecule has 20 heavy (non-hydrogen) atoms. The highest BCUT2D eigenvalue weighted by Crippen LogP contribution is 2.15. The number of aromatic nitrogens is 1. The summed E-state index contributed by atoms with van der Waals surface area (Å²) in [6.07, 6.45) is 2.20. The highest BCUT2D eigenvalue weighted by molar-refractivity contribution is 5.09. The zero-order valence-corrected chi connectivity index (χ0v) is 12.9. The minimum atomic E-state index is -0.299. The highest BCUT2D eigenvalue weighted by atomic mass is 19.1. The van der Waals surface area contributed by atoms with Gasteiger partial charge in [0.2, 0.25) is 0 Å². The van der Waals surface area contributed by atoms with Crippen LogP contribution in [0.3, 0.4) is 0 Å². The van der Waals surface area contributed by atoms with Crippen molar-refractivity contribution in [2.75, 3.05) is 33.9 Å². The molecule has 0 spiro atoms. The zero-order chi connectivity index (χ0) is 15.0. The summed E-state index contributed by atoms with van der Waals surface area (Å²) < 4.78 is 18.1. The van der Waals surface area contributed by atoms with Crippen LogP contribution < -0.4 is 5.32 Å². The summed E-state index contributed by atoms with van der Waals surface area (Å²) in [5.41, 5.74) is 0.879. The van der Waals surface area contributed by atoms with Crippen molar-refractivity contribution in [3.8, 4) is 0 Å². The lowest BCUT2D eigenvalue weighted by molar-refractivity contribution is 0.0997. The predicted octanol–water partition coefficient (Wildman–Crippen LogP) is 2.23. The monoisotopic (exact) mass is 283 g/mol. The lowest BCUT2D eigenvalue weighted by Gasteiger charge is -2.29. The third-order valence-corrected chi connectivity index (χ3v) is 3.60. The zero-order valence-electron chi connectivity index (χ0n) is 12.9. The number of nitrogens with one attached hydrogen (secondary N) is 1. The molecule has 0 fully saturated rings. The van der Waals surface area contributed by atoms with Gasteiger partial charge < -0.3 is 10.1 Å². The molecule has 0 amide bonds. The molecular formula is C15H26FN3O. The van der Waals surface area contributed by atoms with Crippen LogP contribution in [0.25, 0.3) is 0 Å². The predicted molar refractivity (Wildman–Crippen MR) is 79.2 cm³/mol. The van der Waals surface area contributed by atoms with E-state index in [1.807, 2.05) is 7.05 Å². The first-order valence-electron chi connectivity index (χ1n) is 7.14. The summed E-state index contributed by atoms with van der Waals surface area (Å²) in [6.45, 7) is 6.98. The molecule has 0 saturated heterocycles. The molecule has 0 aliphatic carbocycles. The molecule has 0 bridgehead atoms. The van der Waals surface area contributed by atoms with Crippen molar-refractivity contribution >= 4 is 0 Å². The number of ether oxygens (including phenoxy) is 1. The molecule has 1 aromatic heterocycles. The Kier molecular flexibility index (Phi) is 7.65. The van der Waals surface area contributed by atoms with Gasteiger partial charge in [0.15, 0.2) is 0 Å². The van der Waals surface area contributed by atoms with Crippen LogP contribution >= 0.6 is 0 Å². The fourth-order valence-corrected chi connectivity index (χ4v) is 2.37. The van der Waals surface area contributed by atoms with E-state index in [1.165, 1.54) is 12.3 Å². The Balaban J connectivity index is 2.57. The Bertz CT molecular complexity index is 372. The molecule has 5 heteroatoms. The first-order chi connectivity index (χ1) is 9.62. The van der Waals surface area contributed by atoms with Gasteiger partial charge in [0.25, 0.3) is 0 Å². The van der Waals surface area contributed by atoms with E-state index in [2.05, 4.69) is 29.0 Å². The van der Waals surface area contributed by atoms with E-state index in [4.69, 9.17) is 4.74 Å². The maximum absolute atomic E-state index is 12.9. The van der Waals surface area contributed by atoms with Crippen molar-refractivity contribution in [2.24, 2.45) is 0 Å². The maximum Gasteiger partial charge on any atom is 0.141 e. The smallest absolute Gasteiger partial charge is 0.141 e. The van der Waals surface area contributed by atoms with Gasteiger partial charge in [-0.05, 0) is 39.1 Å². The summed E-state index contributed by atoms with van der Waals surface area (Å²) in [5.74, 6) is -0.299. The van der Waals surface area contributed by atoms with Gasteiger partial charge in [0.05, 0.1) is 24.5 Å². The molecule has 2 atom stereocenters. The van der Waals surface area contributed by atoms with Gasteiger partial charge in [-0.2, -0.15) is 0 Å². The molecule has 114 valence electrons. The Hall–Kier alpha value is -1.04. The Labute approximate surface area is 121 Å². The molecule has 0 aliphatic heterocycles. The van der Waals surface area contributed by atoms with Crippen molar-refractivity contribution < 1.29 is 9.13 Å². The number of rotatable bonds is 9. The highest BCUT2D eigenvalue weighted by Gasteiger charge is 2.16. The van der Waals surface area contributed by atoms with Crippen molar-refractivity contribution in [1.29, 1.82) is 0 Å². The van der Waals surface area contributed by atoms with E-state index in [0.29, 0.717) is 6.04 Å². The molecule has 1 aromatic rings. The van der Waals surface area contributed by atoms with E-state index in [-0.39, 0.29) is 11.9 Å². The molecule has 2 unspecified atom stereocenters. The summed E-state index contributed by atoms with van der Waals surface area (Å²) >= 11 is 0. The lowest BCUT2D eigenvalue weighted by atomic mass is 10.1. The SMILES string of the molecule is CCN(CCC(NC)c1ccc(F)cn1)C(C)COC. The molecule has 1 heterocycles. The van der Waals surface area contributed by atoms with Gasteiger partial charge in [0.1, 0.15) is 5.82 Å². The van der Waals surface area contributed by atoms with Gasteiger partial charge in [-0.25, -0.2) is 4.39 Å². The third-order valence-electron chi connectivity index (χ3n) is 3.60. The van der Waals surface area contributed by atoms with Crippen molar-refractivity contribution in [3.05, 3.63) is 29.8 Å². The summed E-state index contributed by atoms with van der Waals surface area (Å²) in [6, 6.07) is 3.73. The molecular weight excluding hydrogens is 257 g/mol. The van der Waals surface area contributed by atoms with Gasteiger partial charge >= 0.3 is 0 Å². The first kappa shape index (κ1) is 17.0. The fourth-order valence-electron chi connectivity index (χ4n) is 2.37. The first-order valence-corrected chi connectivity index (χ1v) is 7.14. The minimum absolute atomic E-state index is 0.138. The topological polar surface area (TPSA) is 37.4 Å². The molecule has 0 aliphatic rings. The van der Waals surface area contributed by atoms with Crippen LogP contribution in [0.5, 0.6) is 0 Å². The normalized spacial score (nSPS) is 14.5. The maximum atomic E-state index is 12.9. The molecule has 1 rings (SSSR count). The second-order valence-electron chi connectivity index (χ2n) is 4.96. The summed E-state index contributed by atoms with van der Waals surface area (Å²) in [4.78, 5) is 6.53. The standard InChI is InChI=1S/C15H26FN3O/c1-5-19(12(2)11-20-4)9-8-14(17-3)15-7-6-13(16)10-18-15/h6-7,10,12,14,17H,5,8-9,11H2,1-4H3. The van der Waals surface area contributed by atoms with Crippen LogP contribution in [0.15, 0.2) is 18.3 Å². The summed E-state index contributed by atoms with van der Waals surface area (Å²) in [5, 5.41) is 3.25. The number of likely N-dealkylation sites (N-methyl/N-ethyl adjacent to an activating group) is 1. The Morgan fingerprint density at radius 3 is 2.70 bits per heavy atom. The van der Waals surface area contributed by atoms with Crippen LogP contribution in [-0.2, 0) is 4.74 Å². The Morgan fingerprint density at radius 1 is 1.45 bits per heavy atom. The van der Waals surface area contributed by atoms with Crippen LogP contribution in [0.4, 0.5) is 4.39 Å². The molecule has 1 N–H and O–H groups in total. The Morgan fingerprint density at radius 2 is 2.20 bits per heavy atom. The second kappa shape index (κ2) is 9.00. The van der Waals surface area contributed by atoms with E-state index >= 15 is 0 Å². The van der Waals surface area contributed by atoms with Gasteiger partial charge in [0, 0.05) is 19.7 Å². The van der Waals surface area contributed by atoms with E-state index < -0.39 is 0 Å². The number of hydrogen-bond donors (Lipinski definition) is 1. The van der Waals surface area contributed by atoms with Gasteiger partial charge in [-0.1, -0.05) is 6.92 Å². The van der Waals surface area contributed by atoms with Crippen LogP contribution in [0, 0.1) is 5.82 Å². The van der Waals surface area contributed by atoms with Crippen molar-refractivity contribution in [1.82, 2.24) is 15.2 Å². The molecule has 0 radical (unpaired) electrons. The van der Waals surface area contributed by atoms with Crippen LogP contribution in [0.2, 0.25) is 0 Å². The number of nitrogens with zero attached hydrogens (tertiary/aromatic N) is 2. The fraction of sp³-hybridized carbons (Fsp3) is 0.667. The number of hydrogen-bond acceptors (Lipinski definition) is 4. The van der Waals surface area contributed by atoms with E-state index in [0.717, 1.165) is 31.8 Å². The van der Waals surface area contributed by atoms with Crippen molar-refractivity contribution in [2.45, 2.75) is 32.4 Å². The number of methoxy groups -OCH3 is 1. The van der Waals surface area contributed by atoms with Crippen LogP contribution in [0.1, 0.15) is 32.0 Å². The van der Waals surface area contributed by atoms with Crippen molar-refractivity contribution in [3.63, 3.8) is 0 Å². The third kappa shape index (κ3) is 5.15. The molecule has 0 saturated carbocycles. The second-order valence-corrected chi connectivity index (χ2v) is 4.96. The quantitative estimate of drug-likeness (QED) is 0.754. The van der Waals surface area contributed by atoms with E-state index in [9.17, 15) is 4.39 Å². The average Bonchev–Trinajstić information content (AvgIpc) is 2.45. The molecule has 0 aromatic carbocycles. The van der Waals surface area contributed by atoms with E-state index in [1.54, 1.807) is 13.2 Å². The average molecular weight is 283 g/mol. The largest absolute Gasteiger partial charge is 0.383 e. The number of pyridine rings is 1.